The Morgan fingerprint density at radius 3 is 2.95 bits per heavy atom. The van der Waals surface area contributed by atoms with Crippen LogP contribution in [0, 0.1) is 12.7 Å². The zero-order valence-corrected chi connectivity index (χ0v) is 11.9. The molecule has 4 heteroatoms. The van der Waals surface area contributed by atoms with Gasteiger partial charge in [0.2, 0.25) is 0 Å². The van der Waals surface area contributed by atoms with Crippen molar-refractivity contribution in [2.24, 2.45) is 5.73 Å². The quantitative estimate of drug-likeness (QED) is 0.940. The van der Waals surface area contributed by atoms with Crippen LogP contribution >= 0.6 is 0 Å². The van der Waals surface area contributed by atoms with Gasteiger partial charge in [0.25, 0.3) is 0 Å². The molecule has 0 saturated carbocycles. The number of hydrogen-bond donors (Lipinski definition) is 1. The number of nitrogens with two attached hydrogens (primary N) is 1. The topological polar surface area (TPSA) is 44.5 Å². The number of hydrogen-bond acceptors (Lipinski definition) is 3. The van der Waals surface area contributed by atoms with Crippen molar-refractivity contribution in [1.29, 1.82) is 0 Å². The van der Waals surface area contributed by atoms with Gasteiger partial charge in [0.1, 0.15) is 30.0 Å². The summed E-state index contributed by atoms with van der Waals surface area (Å²) in [6.07, 6.45) is 0.813. The van der Waals surface area contributed by atoms with Crippen LogP contribution in [0.4, 0.5) is 4.39 Å². The van der Waals surface area contributed by atoms with E-state index in [1.807, 2.05) is 12.1 Å². The normalized spacial score (nSPS) is 16.4. The molecule has 0 amide bonds. The summed E-state index contributed by atoms with van der Waals surface area (Å²) in [6.45, 7) is 2.74. The van der Waals surface area contributed by atoms with Crippen LogP contribution < -0.4 is 15.2 Å². The van der Waals surface area contributed by atoms with Crippen molar-refractivity contribution in [3.05, 3.63) is 58.9 Å². The molecule has 1 aliphatic rings. The second-order valence-corrected chi connectivity index (χ2v) is 5.32. The summed E-state index contributed by atoms with van der Waals surface area (Å²) in [5, 5.41) is 0. The van der Waals surface area contributed by atoms with Gasteiger partial charge in [0, 0.05) is 18.5 Å². The minimum absolute atomic E-state index is 0.0162. The molecule has 110 valence electrons. The van der Waals surface area contributed by atoms with Crippen LogP contribution in [0.2, 0.25) is 0 Å². The molecule has 1 atom stereocenters. The Balaban J connectivity index is 1.65. The number of ether oxygens (including phenoxy) is 2. The summed E-state index contributed by atoms with van der Waals surface area (Å²) >= 11 is 0. The number of rotatable bonds is 4. The van der Waals surface area contributed by atoms with Gasteiger partial charge in [0.15, 0.2) is 0 Å². The fraction of sp³-hybridized carbons (Fsp3) is 0.294. The number of fused-ring (bicyclic) bond motifs is 1. The van der Waals surface area contributed by atoms with Crippen LogP contribution in [0.5, 0.6) is 11.5 Å². The van der Waals surface area contributed by atoms with E-state index in [-0.39, 0.29) is 18.5 Å². The first-order chi connectivity index (χ1) is 10.2. The van der Waals surface area contributed by atoms with E-state index < -0.39 is 0 Å². The summed E-state index contributed by atoms with van der Waals surface area (Å²) < 4.78 is 24.8. The van der Waals surface area contributed by atoms with Gasteiger partial charge in [-0.05, 0) is 36.8 Å². The molecule has 0 aliphatic carbocycles. The number of aryl methyl sites for hydroxylation is 1. The predicted octanol–water partition coefficient (Wildman–Crippen LogP) is 2.98. The third-order valence-corrected chi connectivity index (χ3v) is 3.62. The van der Waals surface area contributed by atoms with Crippen LogP contribution in [0.3, 0.4) is 0 Å². The Morgan fingerprint density at radius 1 is 1.29 bits per heavy atom. The summed E-state index contributed by atoms with van der Waals surface area (Å²) in [4.78, 5) is 0. The molecule has 0 radical (unpaired) electrons. The maximum Gasteiger partial charge on any atom is 0.137 e. The van der Waals surface area contributed by atoms with Crippen LogP contribution in [0.1, 0.15) is 16.7 Å². The fourth-order valence-electron chi connectivity index (χ4n) is 2.57. The molecule has 1 heterocycles. The smallest absolute Gasteiger partial charge is 0.137 e. The zero-order valence-electron chi connectivity index (χ0n) is 11.9. The summed E-state index contributed by atoms with van der Waals surface area (Å²) in [6, 6.07) is 10.6. The predicted molar refractivity (Wildman–Crippen MR) is 79.1 cm³/mol. The second-order valence-electron chi connectivity index (χ2n) is 5.32. The molecule has 1 aliphatic heterocycles. The van der Waals surface area contributed by atoms with Gasteiger partial charge >= 0.3 is 0 Å². The molecule has 0 saturated heterocycles. The molecule has 2 aromatic rings. The highest BCUT2D eigenvalue weighted by atomic mass is 19.1. The Bertz CT molecular complexity index is 657. The van der Waals surface area contributed by atoms with Crippen molar-refractivity contribution in [1.82, 2.24) is 0 Å². The maximum absolute atomic E-state index is 13.2. The van der Waals surface area contributed by atoms with Gasteiger partial charge in [-0.1, -0.05) is 17.7 Å². The first-order valence-corrected chi connectivity index (χ1v) is 7.03. The molecule has 21 heavy (non-hydrogen) atoms. The number of halogens is 1. The van der Waals surface area contributed by atoms with E-state index in [0.717, 1.165) is 12.2 Å². The fourth-order valence-corrected chi connectivity index (χ4v) is 2.57. The Kier molecular flexibility index (Phi) is 3.80. The van der Waals surface area contributed by atoms with Crippen molar-refractivity contribution in [3.63, 3.8) is 0 Å². The van der Waals surface area contributed by atoms with Crippen molar-refractivity contribution in [2.45, 2.75) is 26.0 Å². The molecule has 0 aromatic heterocycles. The molecule has 3 nitrogen and oxygen atoms in total. The molecule has 3 rings (SSSR count). The lowest BCUT2D eigenvalue weighted by molar-refractivity contribution is 0.147. The van der Waals surface area contributed by atoms with Gasteiger partial charge in [-0.25, -0.2) is 4.39 Å². The second kappa shape index (κ2) is 5.74. The van der Waals surface area contributed by atoms with Crippen molar-refractivity contribution in [2.75, 3.05) is 6.61 Å². The van der Waals surface area contributed by atoms with Gasteiger partial charge in [0.05, 0.1) is 0 Å². The Labute approximate surface area is 123 Å². The molecule has 2 N–H and O–H groups in total. The molecule has 0 bridgehead atoms. The van der Waals surface area contributed by atoms with E-state index in [1.54, 1.807) is 6.07 Å². The zero-order chi connectivity index (χ0) is 14.8. The molecule has 2 aromatic carbocycles. The van der Waals surface area contributed by atoms with Gasteiger partial charge in [-0.3, -0.25) is 0 Å². The Hall–Kier alpha value is -2.07. The molecule has 0 fully saturated rings. The van der Waals surface area contributed by atoms with Crippen LogP contribution in [-0.4, -0.2) is 12.7 Å². The SMILES string of the molecule is Cc1ccc2c(c1)CC(COc1ccc(F)cc1CN)O2. The van der Waals surface area contributed by atoms with E-state index in [9.17, 15) is 4.39 Å². The molecule has 0 spiro atoms. The molecule has 1 unspecified atom stereocenters. The maximum atomic E-state index is 13.2. The summed E-state index contributed by atoms with van der Waals surface area (Å²) in [5.41, 5.74) is 8.71. The lowest BCUT2D eigenvalue weighted by Gasteiger charge is -2.14. The lowest BCUT2D eigenvalue weighted by atomic mass is 10.1. The van der Waals surface area contributed by atoms with Crippen molar-refractivity contribution >= 4 is 0 Å². The number of benzene rings is 2. The minimum Gasteiger partial charge on any atom is -0.489 e. The third kappa shape index (κ3) is 3.00. The van der Waals surface area contributed by atoms with E-state index >= 15 is 0 Å². The van der Waals surface area contributed by atoms with Gasteiger partial charge in [-0.15, -0.1) is 0 Å². The molecular weight excluding hydrogens is 269 g/mol. The third-order valence-electron chi connectivity index (χ3n) is 3.62. The largest absolute Gasteiger partial charge is 0.489 e. The summed E-state index contributed by atoms with van der Waals surface area (Å²) in [7, 11) is 0. The minimum atomic E-state index is -0.303. The first kappa shape index (κ1) is 13.9. The Morgan fingerprint density at radius 2 is 2.14 bits per heavy atom. The summed E-state index contributed by atoms with van der Waals surface area (Å²) in [5.74, 6) is 1.24. The van der Waals surface area contributed by atoms with Gasteiger partial charge < -0.3 is 15.2 Å². The van der Waals surface area contributed by atoms with Crippen LogP contribution in [0.25, 0.3) is 0 Å². The van der Waals surface area contributed by atoms with Crippen LogP contribution in [0.15, 0.2) is 36.4 Å². The highest BCUT2D eigenvalue weighted by Gasteiger charge is 2.23. The van der Waals surface area contributed by atoms with E-state index in [1.165, 1.54) is 23.3 Å². The highest BCUT2D eigenvalue weighted by molar-refractivity contribution is 5.40. The van der Waals surface area contributed by atoms with Gasteiger partial charge in [-0.2, -0.15) is 0 Å². The highest BCUT2D eigenvalue weighted by Crippen LogP contribution is 2.30. The van der Waals surface area contributed by atoms with Crippen molar-refractivity contribution in [3.8, 4) is 11.5 Å². The van der Waals surface area contributed by atoms with Crippen LogP contribution in [-0.2, 0) is 13.0 Å². The van der Waals surface area contributed by atoms with E-state index in [4.69, 9.17) is 15.2 Å². The van der Waals surface area contributed by atoms with Crippen molar-refractivity contribution < 1.29 is 13.9 Å². The van der Waals surface area contributed by atoms with E-state index in [2.05, 4.69) is 13.0 Å². The molecular formula is C17H18FNO2. The van der Waals surface area contributed by atoms with E-state index in [0.29, 0.717) is 17.9 Å². The lowest BCUT2D eigenvalue weighted by Crippen LogP contribution is -2.22. The average Bonchev–Trinajstić information content (AvgIpc) is 2.87. The average molecular weight is 287 g/mol. The first-order valence-electron chi connectivity index (χ1n) is 7.03. The standard InChI is InChI=1S/C17H18FNO2/c1-11-2-4-17-12(6-11)8-15(21-17)10-20-16-5-3-14(18)7-13(16)9-19/h2-7,15H,8-10,19H2,1H3. The monoisotopic (exact) mass is 287 g/mol.